The summed E-state index contributed by atoms with van der Waals surface area (Å²) < 4.78 is 0. The molecule has 62 valence electrons. The molecule has 0 unspecified atom stereocenters. The number of nitrogens with one attached hydrogen (secondary N) is 1. The molecular weight excluding hydrogens is 142 g/mol. The number of aliphatic hydroxyl groups excluding tert-OH is 1. The van der Waals surface area contributed by atoms with Crippen molar-refractivity contribution in [2.24, 2.45) is 5.92 Å². The summed E-state index contributed by atoms with van der Waals surface area (Å²) in [6.45, 7) is 3.79. The third-order valence-electron chi connectivity index (χ3n) is 1.08. The van der Waals surface area contributed by atoms with E-state index in [2.05, 4.69) is 17.2 Å². The van der Waals surface area contributed by atoms with Gasteiger partial charge in [0.15, 0.2) is 0 Å². The number of carbonyl (C=O) groups excluding carboxylic acids is 1. The Morgan fingerprint density at radius 3 is 2.64 bits per heavy atom. The Balaban J connectivity index is 3.47. The number of rotatable bonds is 2. The first-order valence-corrected chi connectivity index (χ1v) is 3.52. The summed E-state index contributed by atoms with van der Waals surface area (Å²) in [4.78, 5) is 10.9. The van der Waals surface area contributed by atoms with Crippen molar-refractivity contribution in [3.63, 3.8) is 0 Å². The summed E-state index contributed by atoms with van der Waals surface area (Å²) in [5.74, 6) is 5.00. The first-order valence-electron chi connectivity index (χ1n) is 3.52. The van der Waals surface area contributed by atoms with E-state index in [0.717, 1.165) is 0 Å². The van der Waals surface area contributed by atoms with Gasteiger partial charge in [-0.05, 0) is 0 Å². The molecule has 0 saturated heterocycles. The molecular formula is C8H13NO2. The van der Waals surface area contributed by atoms with Gasteiger partial charge in [-0.1, -0.05) is 25.7 Å². The van der Waals surface area contributed by atoms with Crippen LogP contribution in [0.3, 0.4) is 0 Å². The van der Waals surface area contributed by atoms with Gasteiger partial charge in [0.1, 0.15) is 6.61 Å². The van der Waals surface area contributed by atoms with E-state index >= 15 is 0 Å². The van der Waals surface area contributed by atoms with E-state index in [9.17, 15) is 4.79 Å². The second kappa shape index (κ2) is 5.75. The Hall–Kier alpha value is -1.01. The van der Waals surface area contributed by atoms with Crippen molar-refractivity contribution >= 4 is 5.91 Å². The fourth-order valence-electron chi connectivity index (χ4n) is 0.454. The van der Waals surface area contributed by atoms with Crippen LogP contribution in [0.5, 0.6) is 0 Å². The van der Waals surface area contributed by atoms with E-state index in [1.165, 1.54) is 0 Å². The standard InChI is InChI=1S/C8H13NO2/c1-7(2)8(11)9-5-3-4-6-10/h7,10H,5-6H2,1-2H3,(H,9,11). The zero-order chi connectivity index (χ0) is 8.69. The highest BCUT2D eigenvalue weighted by molar-refractivity contribution is 5.78. The highest BCUT2D eigenvalue weighted by Gasteiger charge is 2.02. The lowest BCUT2D eigenvalue weighted by Crippen LogP contribution is -2.27. The fraction of sp³-hybridized carbons (Fsp3) is 0.625. The lowest BCUT2D eigenvalue weighted by atomic mass is 10.2. The van der Waals surface area contributed by atoms with Crippen molar-refractivity contribution in [3.8, 4) is 11.8 Å². The Morgan fingerprint density at radius 2 is 2.18 bits per heavy atom. The van der Waals surface area contributed by atoms with Crippen LogP contribution in [0, 0.1) is 17.8 Å². The van der Waals surface area contributed by atoms with Crippen LogP contribution in [-0.4, -0.2) is 24.2 Å². The van der Waals surface area contributed by atoms with Gasteiger partial charge in [0.25, 0.3) is 0 Å². The minimum Gasteiger partial charge on any atom is -0.384 e. The zero-order valence-corrected chi connectivity index (χ0v) is 6.85. The quantitative estimate of drug-likeness (QED) is 0.540. The van der Waals surface area contributed by atoms with Crippen LogP contribution >= 0.6 is 0 Å². The monoisotopic (exact) mass is 155 g/mol. The smallest absolute Gasteiger partial charge is 0.223 e. The summed E-state index contributed by atoms with van der Waals surface area (Å²) in [6.07, 6.45) is 0. The summed E-state index contributed by atoms with van der Waals surface area (Å²) in [6, 6.07) is 0. The van der Waals surface area contributed by atoms with Crippen LogP contribution in [0.25, 0.3) is 0 Å². The van der Waals surface area contributed by atoms with E-state index in [0.29, 0.717) is 6.54 Å². The van der Waals surface area contributed by atoms with Gasteiger partial charge < -0.3 is 10.4 Å². The van der Waals surface area contributed by atoms with Crippen LogP contribution in [0.4, 0.5) is 0 Å². The molecule has 0 heterocycles. The molecule has 0 saturated carbocycles. The third-order valence-corrected chi connectivity index (χ3v) is 1.08. The number of hydrogen-bond acceptors (Lipinski definition) is 2. The first-order chi connectivity index (χ1) is 5.18. The lowest BCUT2D eigenvalue weighted by Gasteiger charge is -2.02. The summed E-state index contributed by atoms with van der Waals surface area (Å²) in [5, 5.41) is 10.8. The molecule has 0 radical (unpaired) electrons. The SMILES string of the molecule is CC(C)C(=O)NCC#CCO. The van der Waals surface area contributed by atoms with Crippen molar-refractivity contribution in [1.82, 2.24) is 5.32 Å². The van der Waals surface area contributed by atoms with E-state index in [1.54, 1.807) is 0 Å². The molecule has 0 aromatic heterocycles. The van der Waals surface area contributed by atoms with Gasteiger partial charge in [0, 0.05) is 5.92 Å². The molecule has 0 aromatic carbocycles. The fourth-order valence-corrected chi connectivity index (χ4v) is 0.454. The zero-order valence-electron chi connectivity index (χ0n) is 6.85. The number of aliphatic hydroxyl groups is 1. The Kier molecular flexibility index (Phi) is 5.22. The van der Waals surface area contributed by atoms with E-state index in [-0.39, 0.29) is 18.4 Å². The Bertz CT molecular complexity index is 176. The molecule has 0 fully saturated rings. The van der Waals surface area contributed by atoms with Crippen LogP contribution in [-0.2, 0) is 4.79 Å². The van der Waals surface area contributed by atoms with Gasteiger partial charge in [-0.15, -0.1) is 0 Å². The molecule has 0 aromatic rings. The van der Waals surface area contributed by atoms with Crippen molar-refractivity contribution < 1.29 is 9.90 Å². The van der Waals surface area contributed by atoms with E-state index in [4.69, 9.17) is 5.11 Å². The highest BCUT2D eigenvalue weighted by atomic mass is 16.2. The summed E-state index contributed by atoms with van der Waals surface area (Å²) in [7, 11) is 0. The molecule has 0 bridgehead atoms. The first kappa shape index (κ1) is 9.99. The number of hydrogen-bond donors (Lipinski definition) is 2. The molecule has 0 aliphatic rings. The molecule has 0 aliphatic carbocycles. The summed E-state index contributed by atoms with van der Waals surface area (Å²) in [5.41, 5.74) is 0. The van der Waals surface area contributed by atoms with Crippen LogP contribution in [0.15, 0.2) is 0 Å². The molecule has 0 rings (SSSR count). The second-order valence-corrected chi connectivity index (χ2v) is 2.38. The Labute approximate surface area is 66.8 Å². The van der Waals surface area contributed by atoms with Crippen LogP contribution in [0.1, 0.15) is 13.8 Å². The summed E-state index contributed by atoms with van der Waals surface area (Å²) >= 11 is 0. The maximum absolute atomic E-state index is 10.9. The van der Waals surface area contributed by atoms with Gasteiger partial charge in [-0.25, -0.2) is 0 Å². The highest BCUT2D eigenvalue weighted by Crippen LogP contribution is 1.88. The average Bonchev–Trinajstić information content (AvgIpc) is 1.97. The topological polar surface area (TPSA) is 49.3 Å². The van der Waals surface area contributed by atoms with Gasteiger partial charge in [-0.2, -0.15) is 0 Å². The minimum atomic E-state index is -0.155. The maximum Gasteiger partial charge on any atom is 0.223 e. The van der Waals surface area contributed by atoms with Crippen molar-refractivity contribution in [3.05, 3.63) is 0 Å². The largest absolute Gasteiger partial charge is 0.384 e. The molecule has 0 spiro atoms. The molecule has 3 heteroatoms. The lowest BCUT2D eigenvalue weighted by molar-refractivity contribution is -0.123. The predicted molar refractivity (Wildman–Crippen MR) is 42.7 cm³/mol. The van der Waals surface area contributed by atoms with Crippen LogP contribution < -0.4 is 5.32 Å². The maximum atomic E-state index is 10.9. The van der Waals surface area contributed by atoms with E-state index < -0.39 is 0 Å². The van der Waals surface area contributed by atoms with Crippen LogP contribution in [0.2, 0.25) is 0 Å². The number of amides is 1. The van der Waals surface area contributed by atoms with Crippen molar-refractivity contribution in [1.29, 1.82) is 0 Å². The molecule has 0 atom stereocenters. The molecule has 1 amide bonds. The average molecular weight is 155 g/mol. The van der Waals surface area contributed by atoms with Gasteiger partial charge >= 0.3 is 0 Å². The van der Waals surface area contributed by atoms with Gasteiger partial charge in [0.2, 0.25) is 5.91 Å². The van der Waals surface area contributed by atoms with Crippen molar-refractivity contribution in [2.75, 3.05) is 13.2 Å². The second-order valence-electron chi connectivity index (χ2n) is 2.38. The minimum absolute atomic E-state index is 0.00840. The molecule has 3 nitrogen and oxygen atoms in total. The third kappa shape index (κ3) is 5.43. The normalized spacial score (nSPS) is 8.73. The van der Waals surface area contributed by atoms with Gasteiger partial charge in [0.05, 0.1) is 6.54 Å². The van der Waals surface area contributed by atoms with Crippen molar-refractivity contribution in [2.45, 2.75) is 13.8 Å². The molecule has 11 heavy (non-hydrogen) atoms. The Morgan fingerprint density at radius 1 is 1.55 bits per heavy atom. The van der Waals surface area contributed by atoms with Gasteiger partial charge in [-0.3, -0.25) is 4.79 Å². The van der Waals surface area contributed by atoms with E-state index in [1.807, 2.05) is 13.8 Å². The molecule has 2 N–H and O–H groups in total. The predicted octanol–water partition coefficient (Wildman–Crippen LogP) is -0.246. The molecule has 0 aliphatic heterocycles. The number of carbonyl (C=O) groups is 1.